The average Bonchev–Trinajstić information content (AvgIpc) is 2.72. The fourth-order valence-corrected chi connectivity index (χ4v) is 3.52. The van der Waals surface area contributed by atoms with Gasteiger partial charge >= 0.3 is 0 Å². The molecule has 2 aromatic rings. The lowest BCUT2D eigenvalue weighted by Crippen LogP contribution is -2.44. The molecule has 3 rings (SSSR count). The van der Waals surface area contributed by atoms with Crippen LogP contribution in [0.25, 0.3) is 0 Å². The van der Waals surface area contributed by atoms with Gasteiger partial charge in [0.15, 0.2) is 11.5 Å². The van der Waals surface area contributed by atoms with Crippen LogP contribution in [-0.2, 0) is 22.6 Å². The Labute approximate surface area is 165 Å². The third kappa shape index (κ3) is 4.27. The maximum atomic E-state index is 13.0. The minimum Gasteiger partial charge on any atom is -0.493 e. The van der Waals surface area contributed by atoms with Gasteiger partial charge in [-0.2, -0.15) is 0 Å². The molecule has 0 spiro atoms. The first kappa shape index (κ1) is 19.7. The first-order chi connectivity index (χ1) is 13.5. The van der Waals surface area contributed by atoms with Crippen molar-refractivity contribution in [3.05, 3.63) is 53.6 Å². The van der Waals surface area contributed by atoms with E-state index in [9.17, 15) is 9.59 Å². The van der Waals surface area contributed by atoms with Crippen LogP contribution in [0.4, 0.5) is 5.69 Å². The molecule has 0 saturated carbocycles. The SMILES string of the molecule is COc1ccc(CN(CC(=O)N2CCCc3ccccc32)C(C)=O)cc1OC. The van der Waals surface area contributed by atoms with Crippen molar-refractivity contribution >= 4 is 17.5 Å². The molecule has 0 radical (unpaired) electrons. The summed E-state index contributed by atoms with van der Waals surface area (Å²) in [6.07, 6.45) is 1.90. The number of nitrogens with zero attached hydrogens (tertiary/aromatic N) is 2. The number of hydrogen-bond acceptors (Lipinski definition) is 4. The van der Waals surface area contributed by atoms with E-state index in [2.05, 4.69) is 6.07 Å². The summed E-state index contributed by atoms with van der Waals surface area (Å²) >= 11 is 0. The number of fused-ring (bicyclic) bond motifs is 1. The van der Waals surface area contributed by atoms with Crippen molar-refractivity contribution in [2.45, 2.75) is 26.3 Å². The Balaban J connectivity index is 1.75. The monoisotopic (exact) mass is 382 g/mol. The summed E-state index contributed by atoms with van der Waals surface area (Å²) in [5.41, 5.74) is 3.00. The van der Waals surface area contributed by atoms with E-state index in [-0.39, 0.29) is 18.4 Å². The fourth-order valence-electron chi connectivity index (χ4n) is 3.52. The normalized spacial score (nSPS) is 12.9. The summed E-state index contributed by atoms with van der Waals surface area (Å²) in [6.45, 7) is 2.53. The lowest BCUT2D eigenvalue weighted by Gasteiger charge is -2.31. The maximum absolute atomic E-state index is 13.0. The van der Waals surface area contributed by atoms with Crippen molar-refractivity contribution in [2.24, 2.45) is 0 Å². The number of anilines is 1. The molecular formula is C22H26N2O4. The number of carbonyl (C=O) groups excluding carboxylic acids is 2. The van der Waals surface area contributed by atoms with Crippen molar-refractivity contribution in [2.75, 3.05) is 32.2 Å². The third-order valence-corrected chi connectivity index (χ3v) is 5.00. The quantitative estimate of drug-likeness (QED) is 0.771. The van der Waals surface area contributed by atoms with Gasteiger partial charge in [-0.15, -0.1) is 0 Å². The fraction of sp³-hybridized carbons (Fsp3) is 0.364. The number of para-hydroxylation sites is 1. The van der Waals surface area contributed by atoms with Gasteiger partial charge in [0.1, 0.15) is 6.54 Å². The number of ether oxygens (including phenoxy) is 2. The van der Waals surface area contributed by atoms with Crippen molar-refractivity contribution in [1.29, 1.82) is 0 Å². The minimum atomic E-state index is -0.145. The van der Waals surface area contributed by atoms with Gasteiger partial charge < -0.3 is 19.3 Å². The van der Waals surface area contributed by atoms with Crippen LogP contribution in [0, 0.1) is 0 Å². The van der Waals surface area contributed by atoms with Crippen LogP contribution < -0.4 is 14.4 Å². The first-order valence-electron chi connectivity index (χ1n) is 9.38. The standard InChI is InChI=1S/C22H26N2O4/c1-16(25)23(14-17-10-11-20(27-2)21(13-17)28-3)15-22(26)24-12-6-8-18-7-4-5-9-19(18)24/h4-5,7,9-11,13H,6,8,12,14-15H2,1-3H3. The first-order valence-corrected chi connectivity index (χ1v) is 9.38. The Bertz CT molecular complexity index is 865. The second kappa shape index (κ2) is 8.78. The Morgan fingerprint density at radius 2 is 1.82 bits per heavy atom. The van der Waals surface area contributed by atoms with E-state index in [0.717, 1.165) is 24.1 Å². The van der Waals surface area contributed by atoms with E-state index in [4.69, 9.17) is 9.47 Å². The predicted octanol–water partition coefficient (Wildman–Crippen LogP) is 3.03. The smallest absolute Gasteiger partial charge is 0.246 e. The summed E-state index contributed by atoms with van der Waals surface area (Å²) < 4.78 is 10.6. The number of hydrogen-bond donors (Lipinski definition) is 0. The third-order valence-electron chi connectivity index (χ3n) is 5.00. The predicted molar refractivity (Wildman–Crippen MR) is 108 cm³/mol. The van der Waals surface area contributed by atoms with Crippen molar-refractivity contribution in [3.63, 3.8) is 0 Å². The summed E-state index contributed by atoms with van der Waals surface area (Å²) in [5, 5.41) is 0. The van der Waals surface area contributed by atoms with E-state index in [1.165, 1.54) is 12.5 Å². The number of amides is 2. The molecule has 6 nitrogen and oxygen atoms in total. The molecule has 1 aliphatic rings. The molecule has 0 aliphatic carbocycles. The van der Waals surface area contributed by atoms with E-state index in [0.29, 0.717) is 24.6 Å². The van der Waals surface area contributed by atoms with Gasteiger partial charge in [-0.3, -0.25) is 9.59 Å². The zero-order chi connectivity index (χ0) is 20.1. The molecule has 0 fully saturated rings. The zero-order valence-electron chi connectivity index (χ0n) is 16.6. The molecule has 0 bridgehead atoms. The molecular weight excluding hydrogens is 356 g/mol. The molecule has 6 heteroatoms. The number of carbonyl (C=O) groups is 2. The lowest BCUT2D eigenvalue weighted by atomic mass is 10.0. The number of rotatable bonds is 6. The van der Waals surface area contributed by atoms with Crippen molar-refractivity contribution in [3.8, 4) is 11.5 Å². The highest BCUT2D eigenvalue weighted by Crippen LogP contribution is 2.29. The molecule has 148 valence electrons. The van der Waals surface area contributed by atoms with Crippen LogP contribution in [0.3, 0.4) is 0 Å². The van der Waals surface area contributed by atoms with E-state index in [1.807, 2.05) is 30.3 Å². The highest BCUT2D eigenvalue weighted by Gasteiger charge is 2.25. The lowest BCUT2D eigenvalue weighted by molar-refractivity contribution is -0.134. The largest absolute Gasteiger partial charge is 0.493 e. The van der Waals surface area contributed by atoms with Crippen molar-refractivity contribution in [1.82, 2.24) is 4.90 Å². The van der Waals surface area contributed by atoms with Crippen LogP contribution in [0.2, 0.25) is 0 Å². The summed E-state index contributed by atoms with van der Waals surface area (Å²) in [4.78, 5) is 28.5. The van der Waals surface area contributed by atoms with E-state index in [1.54, 1.807) is 30.1 Å². The van der Waals surface area contributed by atoms with Gasteiger partial charge in [0.25, 0.3) is 0 Å². The number of aryl methyl sites for hydroxylation is 1. The Hall–Kier alpha value is -3.02. The van der Waals surface area contributed by atoms with Gasteiger partial charge in [0, 0.05) is 25.7 Å². The van der Waals surface area contributed by atoms with Crippen LogP contribution in [0.1, 0.15) is 24.5 Å². The Morgan fingerprint density at radius 1 is 1.07 bits per heavy atom. The van der Waals surface area contributed by atoms with Gasteiger partial charge in [-0.1, -0.05) is 24.3 Å². The van der Waals surface area contributed by atoms with Gasteiger partial charge in [0.2, 0.25) is 11.8 Å². The average molecular weight is 382 g/mol. The van der Waals surface area contributed by atoms with Crippen LogP contribution in [-0.4, -0.2) is 44.0 Å². The molecule has 2 aromatic carbocycles. The summed E-state index contributed by atoms with van der Waals surface area (Å²) in [7, 11) is 3.15. The Morgan fingerprint density at radius 3 is 2.54 bits per heavy atom. The molecule has 1 heterocycles. The van der Waals surface area contributed by atoms with Gasteiger partial charge in [-0.25, -0.2) is 0 Å². The molecule has 2 amide bonds. The highest BCUT2D eigenvalue weighted by molar-refractivity contribution is 5.97. The van der Waals surface area contributed by atoms with Gasteiger partial charge in [0.05, 0.1) is 14.2 Å². The maximum Gasteiger partial charge on any atom is 0.246 e. The van der Waals surface area contributed by atoms with Crippen LogP contribution in [0.15, 0.2) is 42.5 Å². The molecule has 0 atom stereocenters. The highest BCUT2D eigenvalue weighted by atomic mass is 16.5. The Kier molecular flexibility index (Phi) is 6.19. The molecule has 0 aromatic heterocycles. The number of benzene rings is 2. The molecule has 0 unspecified atom stereocenters. The summed E-state index contributed by atoms with van der Waals surface area (Å²) in [5.74, 6) is 1.01. The zero-order valence-corrected chi connectivity index (χ0v) is 16.6. The minimum absolute atomic E-state index is 0.0397. The molecule has 28 heavy (non-hydrogen) atoms. The summed E-state index contributed by atoms with van der Waals surface area (Å²) in [6, 6.07) is 13.5. The second-order valence-corrected chi connectivity index (χ2v) is 6.84. The van der Waals surface area contributed by atoms with E-state index < -0.39 is 0 Å². The second-order valence-electron chi connectivity index (χ2n) is 6.84. The van der Waals surface area contributed by atoms with Crippen molar-refractivity contribution < 1.29 is 19.1 Å². The molecule has 0 N–H and O–H groups in total. The van der Waals surface area contributed by atoms with Crippen LogP contribution >= 0.6 is 0 Å². The topological polar surface area (TPSA) is 59.1 Å². The molecule has 1 aliphatic heterocycles. The van der Waals surface area contributed by atoms with Crippen LogP contribution in [0.5, 0.6) is 11.5 Å². The molecule has 0 saturated heterocycles. The van der Waals surface area contributed by atoms with E-state index >= 15 is 0 Å². The number of methoxy groups -OCH3 is 2. The van der Waals surface area contributed by atoms with Gasteiger partial charge in [-0.05, 0) is 42.2 Å².